The highest BCUT2D eigenvalue weighted by molar-refractivity contribution is 5.85. The largest absolute Gasteiger partial charge is 0.487 e. The van der Waals surface area contributed by atoms with E-state index in [-0.39, 0.29) is 17.8 Å². The molecule has 0 aliphatic rings. The third-order valence-electron chi connectivity index (χ3n) is 1.54. The standard InChI is InChI=1S/C12H22O4/c1-6-15-10(2)11(13)16-8-7-14-9-12(3,4)5/h2,6-9H2,1,3-5H3. The monoisotopic (exact) mass is 230 g/mol. The molecule has 0 aromatic carbocycles. The number of carbonyl (C=O) groups excluding carboxylic acids is 1. The summed E-state index contributed by atoms with van der Waals surface area (Å²) in [6, 6.07) is 0. The summed E-state index contributed by atoms with van der Waals surface area (Å²) in [5, 5.41) is 0. The van der Waals surface area contributed by atoms with Crippen molar-refractivity contribution >= 4 is 5.97 Å². The van der Waals surface area contributed by atoms with Gasteiger partial charge in [-0.2, -0.15) is 0 Å². The molecule has 94 valence electrons. The van der Waals surface area contributed by atoms with Crippen molar-refractivity contribution < 1.29 is 19.0 Å². The van der Waals surface area contributed by atoms with Gasteiger partial charge in [0.05, 0.1) is 19.8 Å². The first-order valence-electron chi connectivity index (χ1n) is 5.43. The predicted octanol–water partition coefficient (Wildman–Crippen LogP) is 2.14. The Balaban J connectivity index is 3.52. The first-order valence-corrected chi connectivity index (χ1v) is 5.43. The summed E-state index contributed by atoms with van der Waals surface area (Å²) in [7, 11) is 0. The summed E-state index contributed by atoms with van der Waals surface area (Å²) in [5.41, 5.74) is 0.124. The van der Waals surface area contributed by atoms with Crippen LogP contribution in [0.2, 0.25) is 0 Å². The molecule has 0 unspecified atom stereocenters. The molecule has 0 rings (SSSR count). The zero-order valence-electron chi connectivity index (χ0n) is 10.7. The second-order valence-electron chi connectivity index (χ2n) is 4.61. The summed E-state index contributed by atoms with van der Waals surface area (Å²) in [4.78, 5) is 11.2. The Kier molecular flexibility index (Phi) is 6.81. The van der Waals surface area contributed by atoms with Crippen LogP contribution in [0.4, 0.5) is 0 Å². The van der Waals surface area contributed by atoms with Crippen molar-refractivity contribution in [3.05, 3.63) is 12.3 Å². The van der Waals surface area contributed by atoms with E-state index in [2.05, 4.69) is 27.4 Å². The molecule has 0 atom stereocenters. The number of rotatable bonds is 7. The molecule has 0 heterocycles. The van der Waals surface area contributed by atoms with Crippen molar-refractivity contribution in [2.75, 3.05) is 26.4 Å². The molecule has 0 amide bonds. The van der Waals surface area contributed by atoms with Gasteiger partial charge in [0, 0.05) is 0 Å². The predicted molar refractivity (Wildman–Crippen MR) is 62.0 cm³/mol. The lowest BCUT2D eigenvalue weighted by Crippen LogP contribution is -2.18. The average molecular weight is 230 g/mol. The first kappa shape index (κ1) is 15.0. The summed E-state index contributed by atoms with van der Waals surface area (Å²) in [6.07, 6.45) is 0. The Bertz CT molecular complexity index is 228. The second-order valence-corrected chi connectivity index (χ2v) is 4.61. The van der Waals surface area contributed by atoms with Gasteiger partial charge in [0.2, 0.25) is 0 Å². The molecule has 0 spiro atoms. The fourth-order valence-corrected chi connectivity index (χ4v) is 0.885. The molecule has 0 fully saturated rings. The summed E-state index contributed by atoms with van der Waals surface area (Å²) in [6.45, 7) is 13.1. The van der Waals surface area contributed by atoms with Crippen LogP contribution in [-0.2, 0) is 19.0 Å². The van der Waals surface area contributed by atoms with Gasteiger partial charge in [-0.25, -0.2) is 4.79 Å². The van der Waals surface area contributed by atoms with Gasteiger partial charge in [0.1, 0.15) is 6.61 Å². The fraction of sp³-hybridized carbons (Fsp3) is 0.750. The van der Waals surface area contributed by atoms with E-state index < -0.39 is 5.97 Å². The maximum Gasteiger partial charge on any atom is 0.373 e. The Hall–Kier alpha value is -1.03. The fourth-order valence-electron chi connectivity index (χ4n) is 0.885. The Morgan fingerprint density at radius 2 is 1.81 bits per heavy atom. The van der Waals surface area contributed by atoms with E-state index in [1.54, 1.807) is 6.92 Å². The highest BCUT2D eigenvalue weighted by Gasteiger charge is 2.11. The molecule has 4 nitrogen and oxygen atoms in total. The van der Waals surface area contributed by atoms with E-state index in [1.165, 1.54) is 0 Å². The second kappa shape index (κ2) is 7.28. The molecule has 0 aromatic rings. The Morgan fingerprint density at radius 3 is 2.31 bits per heavy atom. The normalized spacial score (nSPS) is 11.0. The molecule has 0 saturated carbocycles. The van der Waals surface area contributed by atoms with Gasteiger partial charge in [-0.05, 0) is 18.9 Å². The molecule has 0 bridgehead atoms. The van der Waals surface area contributed by atoms with Crippen LogP contribution in [0.3, 0.4) is 0 Å². The molecule has 0 saturated heterocycles. The van der Waals surface area contributed by atoms with Crippen molar-refractivity contribution in [2.45, 2.75) is 27.7 Å². The van der Waals surface area contributed by atoms with Crippen molar-refractivity contribution in [1.82, 2.24) is 0 Å². The SMILES string of the molecule is C=C(OCC)C(=O)OCCOCC(C)(C)C. The third-order valence-corrected chi connectivity index (χ3v) is 1.54. The van der Waals surface area contributed by atoms with Gasteiger partial charge in [-0.1, -0.05) is 20.8 Å². The number of hydrogen-bond acceptors (Lipinski definition) is 4. The van der Waals surface area contributed by atoms with Crippen LogP contribution < -0.4 is 0 Å². The Morgan fingerprint density at radius 1 is 1.19 bits per heavy atom. The van der Waals surface area contributed by atoms with Crippen molar-refractivity contribution in [3.63, 3.8) is 0 Å². The van der Waals surface area contributed by atoms with E-state index in [1.807, 2.05) is 0 Å². The van der Waals surface area contributed by atoms with E-state index in [4.69, 9.17) is 14.2 Å². The van der Waals surface area contributed by atoms with Gasteiger partial charge >= 0.3 is 5.97 Å². The van der Waals surface area contributed by atoms with Gasteiger partial charge in [-0.3, -0.25) is 0 Å². The quantitative estimate of drug-likeness (QED) is 0.291. The zero-order chi connectivity index (χ0) is 12.6. The maximum absolute atomic E-state index is 11.2. The summed E-state index contributed by atoms with van der Waals surface area (Å²) in [5.74, 6) is -0.487. The minimum absolute atomic E-state index is 0.0401. The van der Waals surface area contributed by atoms with E-state index in [9.17, 15) is 4.79 Å². The molecule has 0 aliphatic carbocycles. The van der Waals surface area contributed by atoms with Crippen molar-refractivity contribution in [2.24, 2.45) is 5.41 Å². The zero-order valence-corrected chi connectivity index (χ0v) is 10.7. The molecule has 16 heavy (non-hydrogen) atoms. The lowest BCUT2D eigenvalue weighted by Gasteiger charge is -2.17. The van der Waals surface area contributed by atoms with Gasteiger partial charge < -0.3 is 14.2 Å². The van der Waals surface area contributed by atoms with Crippen LogP contribution in [0.25, 0.3) is 0 Å². The van der Waals surface area contributed by atoms with E-state index in [0.29, 0.717) is 19.8 Å². The Labute approximate surface area is 97.6 Å². The number of esters is 1. The van der Waals surface area contributed by atoms with Gasteiger partial charge in [0.15, 0.2) is 5.76 Å². The minimum Gasteiger partial charge on any atom is -0.487 e. The van der Waals surface area contributed by atoms with Crippen LogP contribution >= 0.6 is 0 Å². The van der Waals surface area contributed by atoms with Gasteiger partial charge in [0.25, 0.3) is 0 Å². The first-order chi connectivity index (χ1) is 7.37. The van der Waals surface area contributed by atoms with Crippen molar-refractivity contribution in [3.8, 4) is 0 Å². The molecule has 0 N–H and O–H groups in total. The van der Waals surface area contributed by atoms with Crippen molar-refractivity contribution in [1.29, 1.82) is 0 Å². The molecular formula is C12H22O4. The highest BCUT2D eigenvalue weighted by Crippen LogP contribution is 2.12. The van der Waals surface area contributed by atoms with Crippen LogP contribution in [0.15, 0.2) is 12.3 Å². The molecule has 0 aromatic heterocycles. The maximum atomic E-state index is 11.2. The lowest BCUT2D eigenvalue weighted by atomic mass is 9.99. The summed E-state index contributed by atoms with van der Waals surface area (Å²) < 4.78 is 15.1. The molecule has 4 heteroatoms. The van der Waals surface area contributed by atoms with Crippen LogP contribution in [0.1, 0.15) is 27.7 Å². The molecule has 0 aliphatic heterocycles. The lowest BCUT2D eigenvalue weighted by molar-refractivity contribution is -0.144. The number of hydrogen-bond donors (Lipinski definition) is 0. The molecule has 0 radical (unpaired) electrons. The van der Waals surface area contributed by atoms with Gasteiger partial charge in [-0.15, -0.1) is 0 Å². The third kappa shape index (κ3) is 8.29. The molecular weight excluding hydrogens is 208 g/mol. The average Bonchev–Trinajstić information content (AvgIpc) is 2.15. The minimum atomic E-state index is -0.527. The summed E-state index contributed by atoms with van der Waals surface area (Å²) >= 11 is 0. The number of ether oxygens (including phenoxy) is 3. The van der Waals surface area contributed by atoms with E-state index >= 15 is 0 Å². The van der Waals surface area contributed by atoms with Crippen LogP contribution in [-0.4, -0.2) is 32.4 Å². The van der Waals surface area contributed by atoms with Crippen LogP contribution in [0, 0.1) is 5.41 Å². The van der Waals surface area contributed by atoms with E-state index in [0.717, 1.165) is 0 Å². The highest BCUT2D eigenvalue weighted by atomic mass is 16.6. The van der Waals surface area contributed by atoms with Crippen LogP contribution in [0.5, 0.6) is 0 Å². The topological polar surface area (TPSA) is 44.8 Å². The number of carbonyl (C=O) groups is 1. The smallest absolute Gasteiger partial charge is 0.373 e.